The summed E-state index contributed by atoms with van der Waals surface area (Å²) in [4.78, 5) is 27.5. The first-order valence-corrected chi connectivity index (χ1v) is 10.6. The summed E-state index contributed by atoms with van der Waals surface area (Å²) in [5.41, 5.74) is 1.08. The molecule has 3 aromatic rings. The highest BCUT2D eigenvalue weighted by Gasteiger charge is 2.26. The van der Waals surface area contributed by atoms with Crippen LogP contribution < -0.4 is 19.7 Å². The van der Waals surface area contributed by atoms with E-state index in [2.05, 4.69) is 30.3 Å². The molecule has 0 radical (unpaired) electrons. The Hall–Kier alpha value is -3.69. The number of nitrogens with zero attached hydrogens (tertiary/aromatic N) is 6. The van der Waals surface area contributed by atoms with Crippen LogP contribution in [0.1, 0.15) is 18.4 Å². The maximum atomic E-state index is 12.8. The Bertz CT molecular complexity index is 1040. The zero-order valence-corrected chi connectivity index (χ0v) is 18.3. The van der Waals surface area contributed by atoms with Crippen molar-refractivity contribution in [1.29, 1.82) is 0 Å². The Morgan fingerprint density at radius 2 is 1.97 bits per heavy atom. The third-order valence-corrected chi connectivity index (χ3v) is 5.57. The molecule has 168 valence electrons. The monoisotopic (exact) mass is 437 g/mol. The number of ether oxygens (including phenoxy) is 2. The van der Waals surface area contributed by atoms with Gasteiger partial charge < -0.3 is 19.7 Å². The molecular weight excluding hydrogens is 410 g/mol. The number of carbonyl (C=O) groups is 1. The Morgan fingerprint density at radius 1 is 1.12 bits per heavy atom. The van der Waals surface area contributed by atoms with Crippen LogP contribution in [0.4, 0.5) is 5.82 Å². The van der Waals surface area contributed by atoms with Crippen molar-refractivity contribution in [2.24, 2.45) is 5.92 Å². The molecule has 1 fully saturated rings. The van der Waals surface area contributed by atoms with Gasteiger partial charge in [0.15, 0.2) is 17.3 Å². The number of carbonyl (C=O) groups excluding carboxylic acids is 1. The van der Waals surface area contributed by atoms with Crippen molar-refractivity contribution in [1.82, 2.24) is 30.0 Å². The topological polar surface area (TPSA) is 107 Å². The highest BCUT2D eigenvalue weighted by Crippen LogP contribution is 2.27. The summed E-state index contributed by atoms with van der Waals surface area (Å²) in [5, 5.41) is 7.19. The molecule has 1 aliphatic heterocycles. The fourth-order valence-electron chi connectivity index (χ4n) is 3.87. The molecule has 1 aromatic carbocycles. The van der Waals surface area contributed by atoms with E-state index < -0.39 is 0 Å². The number of rotatable bonds is 8. The van der Waals surface area contributed by atoms with Gasteiger partial charge in [-0.15, -0.1) is 0 Å². The molecular formula is C22H27N7O3. The predicted octanol–water partition coefficient (Wildman–Crippen LogP) is 1.65. The number of benzene rings is 1. The lowest BCUT2D eigenvalue weighted by molar-refractivity contribution is -0.125. The fourth-order valence-corrected chi connectivity index (χ4v) is 3.87. The van der Waals surface area contributed by atoms with E-state index in [0.29, 0.717) is 30.4 Å². The summed E-state index contributed by atoms with van der Waals surface area (Å²) in [5.74, 6) is 2.80. The number of amides is 1. The van der Waals surface area contributed by atoms with E-state index in [9.17, 15) is 4.79 Å². The molecule has 1 amide bonds. The number of hydrogen-bond donors (Lipinski definition) is 1. The minimum atomic E-state index is -0.0843. The van der Waals surface area contributed by atoms with Crippen LogP contribution in [0.3, 0.4) is 0 Å². The van der Waals surface area contributed by atoms with Crippen LogP contribution in [0.2, 0.25) is 0 Å². The van der Waals surface area contributed by atoms with Crippen molar-refractivity contribution in [2.75, 3.05) is 38.8 Å². The fraction of sp³-hybridized carbons (Fsp3) is 0.409. The van der Waals surface area contributed by atoms with E-state index in [1.807, 2.05) is 24.3 Å². The van der Waals surface area contributed by atoms with Crippen LogP contribution in [0.5, 0.6) is 11.5 Å². The van der Waals surface area contributed by atoms with Crippen LogP contribution in [-0.4, -0.2) is 64.5 Å². The molecule has 1 saturated heterocycles. The maximum absolute atomic E-state index is 12.8. The number of methoxy groups -OCH3 is 2. The maximum Gasteiger partial charge on any atom is 0.224 e. The molecule has 0 saturated carbocycles. The summed E-state index contributed by atoms with van der Waals surface area (Å²) >= 11 is 0. The largest absolute Gasteiger partial charge is 0.493 e. The molecule has 1 aliphatic rings. The van der Waals surface area contributed by atoms with Crippen LogP contribution in [0.25, 0.3) is 5.82 Å². The van der Waals surface area contributed by atoms with E-state index in [-0.39, 0.29) is 11.8 Å². The van der Waals surface area contributed by atoms with Gasteiger partial charge in [-0.3, -0.25) is 4.79 Å². The molecule has 4 rings (SSSR count). The van der Waals surface area contributed by atoms with Gasteiger partial charge in [0.1, 0.15) is 24.8 Å². The van der Waals surface area contributed by atoms with Gasteiger partial charge in [0.05, 0.1) is 20.1 Å². The molecule has 0 spiro atoms. The van der Waals surface area contributed by atoms with Crippen molar-refractivity contribution >= 4 is 11.7 Å². The van der Waals surface area contributed by atoms with Crippen LogP contribution >= 0.6 is 0 Å². The summed E-state index contributed by atoms with van der Waals surface area (Å²) in [6.45, 7) is 2.04. The summed E-state index contributed by atoms with van der Waals surface area (Å²) in [6.07, 6.45) is 7.08. The van der Waals surface area contributed by atoms with Crippen molar-refractivity contribution in [2.45, 2.75) is 19.3 Å². The molecule has 10 heteroatoms. The van der Waals surface area contributed by atoms with Crippen LogP contribution in [0.15, 0.2) is 43.2 Å². The van der Waals surface area contributed by atoms with Gasteiger partial charge in [0.2, 0.25) is 5.91 Å². The first-order valence-electron chi connectivity index (χ1n) is 10.6. The third-order valence-electron chi connectivity index (χ3n) is 5.57. The molecule has 0 unspecified atom stereocenters. The molecule has 32 heavy (non-hydrogen) atoms. The van der Waals surface area contributed by atoms with Gasteiger partial charge in [0, 0.05) is 25.7 Å². The van der Waals surface area contributed by atoms with E-state index in [0.717, 1.165) is 37.2 Å². The number of nitrogens with one attached hydrogen (secondary N) is 1. The highest BCUT2D eigenvalue weighted by atomic mass is 16.5. The predicted molar refractivity (Wildman–Crippen MR) is 118 cm³/mol. The smallest absolute Gasteiger partial charge is 0.224 e. The lowest BCUT2D eigenvalue weighted by atomic mass is 9.97. The van der Waals surface area contributed by atoms with E-state index in [1.54, 1.807) is 25.2 Å². The number of aromatic nitrogens is 5. The second-order valence-electron chi connectivity index (χ2n) is 7.59. The van der Waals surface area contributed by atoms with Gasteiger partial charge in [-0.05, 0) is 37.0 Å². The first kappa shape index (κ1) is 21.5. The van der Waals surface area contributed by atoms with Crippen LogP contribution in [-0.2, 0) is 11.2 Å². The van der Waals surface area contributed by atoms with E-state index in [1.165, 1.54) is 12.7 Å². The Morgan fingerprint density at radius 3 is 2.75 bits per heavy atom. The lowest BCUT2D eigenvalue weighted by Gasteiger charge is -2.32. The lowest BCUT2D eigenvalue weighted by Crippen LogP contribution is -2.43. The van der Waals surface area contributed by atoms with Gasteiger partial charge in [-0.1, -0.05) is 6.07 Å². The van der Waals surface area contributed by atoms with Gasteiger partial charge in [-0.25, -0.2) is 19.6 Å². The zero-order valence-electron chi connectivity index (χ0n) is 18.3. The Kier molecular flexibility index (Phi) is 6.78. The summed E-state index contributed by atoms with van der Waals surface area (Å²) < 4.78 is 12.2. The molecule has 3 heterocycles. The van der Waals surface area contributed by atoms with Crippen molar-refractivity contribution in [3.05, 3.63) is 48.8 Å². The van der Waals surface area contributed by atoms with E-state index >= 15 is 0 Å². The highest BCUT2D eigenvalue weighted by molar-refractivity contribution is 5.79. The molecule has 1 N–H and O–H groups in total. The van der Waals surface area contributed by atoms with Gasteiger partial charge in [0.25, 0.3) is 0 Å². The third kappa shape index (κ3) is 4.96. The average Bonchev–Trinajstić information content (AvgIpc) is 3.39. The molecule has 1 atom stereocenters. The second kappa shape index (κ2) is 10.1. The molecule has 2 aromatic heterocycles. The number of anilines is 1. The van der Waals surface area contributed by atoms with Gasteiger partial charge >= 0.3 is 0 Å². The SMILES string of the molecule is COc1ccc(CCNC(=O)[C@H]2CCCN(c3cc(-n4cncn4)ncn3)C2)cc1OC. The number of hydrogen-bond acceptors (Lipinski definition) is 8. The molecule has 0 bridgehead atoms. The molecule has 10 nitrogen and oxygen atoms in total. The normalized spacial score (nSPS) is 15.9. The van der Waals surface area contributed by atoms with E-state index in [4.69, 9.17) is 9.47 Å². The van der Waals surface area contributed by atoms with Crippen molar-refractivity contribution < 1.29 is 14.3 Å². The Balaban J connectivity index is 1.33. The Labute approximate surface area is 186 Å². The van der Waals surface area contributed by atoms with Crippen molar-refractivity contribution in [3.63, 3.8) is 0 Å². The molecule has 0 aliphatic carbocycles. The zero-order chi connectivity index (χ0) is 22.3. The first-order chi connectivity index (χ1) is 15.7. The minimum absolute atomic E-state index is 0.0701. The standard InChI is InChI=1S/C22H27N7O3/c1-31-18-6-5-16(10-19(18)32-2)7-8-24-22(30)17-4-3-9-28(12-17)20-11-21(26-14-25-20)29-15-23-13-27-29/h5-6,10-11,13-15,17H,3-4,7-9,12H2,1-2H3,(H,24,30)/t17-/m0/s1. The summed E-state index contributed by atoms with van der Waals surface area (Å²) in [7, 11) is 3.23. The van der Waals surface area contributed by atoms with Crippen molar-refractivity contribution in [3.8, 4) is 17.3 Å². The summed E-state index contributed by atoms with van der Waals surface area (Å²) in [6, 6.07) is 7.67. The average molecular weight is 438 g/mol. The second-order valence-corrected chi connectivity index (χ2v) is 7.59. The van der Waals surface area contributed by atoms with Gasteiger partial charge in [-0.2, -0.15) is 5.10 Å². The number of piperidine rings is 1. The quantitative estimate of drug-likeness (QED) is 0.567. The minimum Gasteiger partial charge on any atom is -0.493 e. The van der Waals surface area contributed by atoms with Crippen LogP contribution in [0, 0.1) is 5.92 Å².